The first-order valence-corrected chi connectivity index (χ1v) is 14.9. The summed E-state index contributed by atoms with van der Waals surface area (Å²) in [5.74, 6) is -1.70. The van der Waals surface area contributed by atoms with E-state index in [1.54, 1.807) is 11.8 Å². The number of unbranched alkanes of at least 4 members (excludes halogenated alkanes) is 4. The van der Waals surface area contributed by atoms with Gasteiger partial charge in [-0.05, 0) is 83.1 Å². The number of nitrogens with one attached hydrogen (secondary N) is 1. The Morgan fingerprint density at radius 3 is 2.50 bits per heavy atom. The number of likely N-dealkylation sites (tertiary alicyclic amines) is 1. The second-order valence-electron chi connectivity index (χ2n) is 11.0. The van der Waals surface area contributed by atoms with Gasteiger partial charge < -0.3 is 4.90 Å². The van der Waals surface area contributed by atoms with Crippen molar-refractivity contribution < 1.29 is 23.2 Å². The number of halogens is 2. The summed E-state index contributed by atoms with van der Waals surface area (Å²) >= 11 is 1.79. The van der Waals surface area contributed by atoms with E-state index in [9.17, 15) is 23.2 Å². The van der Waals surface area contributed by atoms with Crippen LogP contribution in [0.4, 0.5) is 8.78 Å². The summed E-state index contributed by atoms with van der Waals surface area (Å²) in [6, 6.07) is 5.96. The van der Waals surface area contributed by atoms with Gasteiger partial charge >= 0.3 is 0 Å². The lowest BCUT2D eigenvalue weighted by Gasteiger charge is -2.32. The molecule has 1 aromatic rings. The highest BCUT2D eigenvalue weighted by atomic mass is 32.2. The average Bonchev–Trinajstić information content (AvgIpc) is 3.44. The molecule has 2 fully saturated rings. The van der Waals surface area contributed by atoms with Crippen molar-refractivity contribution in [2.24, 2.45) is 5.41 Å². The van der Waals surface area contributed by atoms with Gasteiger partial charge in [-0.2, -0.15) is 0 Å². The van der Waals surface area contributed by atoms with E-state index in [2.05, 4.69) is 21.2 Å². The number of hydrogen-bond acceptors (Lipinski definition) is 6. The van der Waals surface area contributed by atoms with Crippen LogP contribution in [0.3, 0.4) is 0 Å². The molecule has 1 saturated heterocycles. The van der Waals surface area contributed by atoms with Crippen LogP contribution in [0.1, 0.15) is 87.1 Å². The van der Waals surface area contributed by atoms with E-state index in [0.29, 0.717) is 37.8 Å². The molecule has 0 bridgehead atoms. The summed E-state index contributed by atoms with van der Waals surface area (Å²) in [5.41, 5.74) is 1.06. The molecule has 1 atom stereocenters. The Morgan fingerprint density at radius 2 is 1.84 bits per heavy atom. The number of nitrogens with zero attached hydrogens (tertiary/aromatic N) is 2. The molecule has 1 spiro atoms. The van der Waals surface area contributed by atoms with Crippen molar-refractivity contribution in [1.29, 1.82) is 0 Å². The molecule has 1 aliphatic heterocycles. The first-order valence-electron chi connectivity index (χ1n) is 13.9. The standard InChI is InChI=1S/C29H43F2N3O3S/c1-23(11-12-27(37)32-22-36)33(2)19-25-24(20-35)9-8-10-26(25)38-18-7-5-3-4-6-15-34-16-13-28(14-17-34)21-29(28,30)31/h8-10,20,22-23H,3-7,11-19,21H2,1-2H3,(H,32,36,37). The van der Waals surface area contributed by atoms with E-state index in [1.807, 2.05) is 26.1 Å². The lowest BCUT2D eigenvalue weighted by Crippen LogP contribution is -2.37. The van der Waals surface area contributed by atoms with Crippen LogP contribution in [0.15, 0.2) is 23.1 Å². The molecule has 1 heterocycles. The van der Waals surface area contributed by atoms with E-state index < -0.39 is 11.3 Å². The van der Waals surface area contributed by atoms with Gasteiger partial charge in [-0.25, -0.2) is 8.78 Å². The van der Waals surface area contributed by atoms with E-state index in [0.717, 1.165) is 61.4 Å². The SMILES string of the molecule is CC(CCC(=O)NC=O)N(C)Cc1c(C=O)cccc1SCCCCCCCN1CCC2(CC1)CC2(F)F. The highest BCUT2D eigenvalue weighted by Gasteiger charge is 2.70. The average molecular weight is 552 g/mol. The molecule has 38 heavy (non-hydrogen) atoms. The molecule has 3 rings (SSSR count). The van der Waals surface area contributed by atoms with Crippen molar-refractivity contribution in [1.82, 2.24) is 15.1 Å². The van der Waals surface area contributed by atoms with Gasteiger partial charge in [0.15, 0.2) is 0 Å². The van der Waals surface area contributed by atoms with Crippen molar-refractivity contribution in [2.45, 2.75) is 94.5 Å². The number of carbonyl (C=O) groups excluding carboxylic acids is 3. The molecule has 6 nitrogen and oxygen atoms in total. The molecule has 0 radical (unpaired) electrons. The van der Waals surface area contributed by atoms with Crippen LogP contribution in [0.2, 0.25) is 0 Å². The van der Waals surface area contributed by atoms with Crippen molar-refractivity contribution in [3.63, 3.8) is 0 Å². The second kappa shape index (κ2) is 14.5. The van der Waals surface area contributed by atoms with Gasteiger partial charge in [-0.3, -0.25) is 24.6 Å². The third-order valence-electron chi connectivity index (χ3n) is 8.37. The third-order valence-corrected chi connectivity index (χ3v) is 9.55. The Labute approximate surface area is 230 Å². The number of thioether (sulfide) groups is 1. The van der Waals surface area contributed by atoms with Crippen LogP contribution in [-0.2, 0) is 16.1 Å². The number of piperidine rings is 1. The van der Waals surface area contributed by atoms with E-state index >= 15 is 0 Å². The number of rotatable bonds is 17. The topological polar surface area (TPSA) is 69.7 Å². The minimum Gasteiger partial charge on any atom is -0.303 e. The van der Waals surface area contributed by atoms with Crippen LogP contribution < -0.4 is 5.32 Å². The van der Waals surface area contributed by atoms with Gasteiger partial charge in [0.2, 0.25) is 12.3 Å². The molecule has 2 amide bonds. The van der Waals surface area contributed by atoms with Crippen molar-refractivity contribution in [3.05, 3.63) is 29.3 Å². The Hall–Kier alpha value is -1.84. The van der Waals surface area contributed by atoms with Gasteiger partial charge in [0.25, 0.3) is 5.92 Å². The highest BCUT2D eigenvalue weighted by molar-refractivity contribution is 7.99. The Balaban J connectivity index is 1.33. The number of hydrogen-bond donors (Lipinski definition) is 1. The van der Waals surface area contributed by atoms with Crippen LogP contribution >= 0.6 is 11.8 Å². The number of alkyl halides is 2. The fraction of sp³-hybridized carbons (Fsp3) is 0.690. The maximum absolute atomic E-state index is 13.5. The summed E-state index contributed by atoms with van der Waals surface area (Å²) in [5, 5.41) is 2.17. The van der Waals surface area contributed by atoms with Gasteiger partial charge in [0.05, 0.1) is 0 Å². The Kier molecular flexibility index (Phi) is 11.7. The predicted molar refractivity (Wildman–Crippen MR) is 148 cm³/mol. The van der Waals surface area contributed by atoms with Gasteiger partial charge in [0, 0.05) is 41.3 Å². The molecular weight excluding hydrogens is 508 g/mol. The van der Waals surface area contributed by atoms with Gasteiger partial charge in [-0.1, -0.05) is 31.4 Å². The molecule has 0 aromatic heterocycles. The summed E-state index contributed by atoms with van der Waals surface area (Å²) in [4.78, 5) is 39.3. The molecule has 1 aliphatic carbocycles. The summed E-state index contributed by atoms with van der Waals surface area (Å²) < 4.78 is 27.1. The summed E-state index contributed by atoms with van der Waals surface area (Å²) in [7, 11) is 1.99. The number of imide groups is 1. The number of benzene rings is 1. The summed E-state index contributed by atoms with van der Waals surface area (Å²) in [6.07, 6.45) is 9.36. The molecule has 1 aromatic carbocycles. The molecule has 1 unspecified atom stereocenters. The van der Waals surface area contributed by atoms with Crippen molar-refractivity contribution >= 4 is 30.4 Å². The zero-order chi connectivity index (χ0) is 27.6. The van der Waals surface area contributed by atoms with Crippen LogP contribution in [0, 0.1) is 5.41 Å². The zero-order valence-electron chi connectivity index (χ0n) is 22.9. The first kappa shape index (κ1) is 30.7. The molecule has 9 heteroatoms. The Morgan fingerprint density at radius 1 is 1.16 bits per heavy atom. The number of amides is 2. The molecule has 1 N–H and O–H groups in total. The van der Waals surface area contributed by atoms with Gasteiger partial charge in [0.1, 0.15) is 6.29 Å². The van der Waals surface area contributed by atoms with E-state index in [-0.39, 0.29) is 24.8 Å². The minimum atomic E-state index is -2.40. The maximum atomic E-state index is 13.5. The zero-order valence-corrected chi connectivity index (χ0v) is 23.7. The smallest absolute Gasteiger partial charge is 0.254 e. The number of aldehydes is 1. The largest absolute Gasteiger partial charge is 0.303 e. The second-order valence-corrected chi connectivity index (χ2v) is 12.2. The quantitative estimate of drug-likeness (QED) is 0.156. The fourth-order valence-corrected chi connectivity index (χ4v) is 6.48. The lowest BCUT2D eigenvalue weighted by molar-refractivity contribution is -0.125. The molecule has 2 aliphatic rings. The fourth-order valence-electron chi connectivity index (χ4n) is 5.38. The van der Waals surface area contributed by atoms with E-state index in [4.69, 9.17) is 0 Å². The van der Waals surface area contributed by atoms with Crippen molar-refractivity contribution in [2.75, 3.05) is 32.4 Å². The highest BCUT2D eigenvalue weighted by Crippen LogP contribution is 2.65. The molecule has 1 saturated carbocycles. The summed E-state index contributed by atoms with van der Waals surface area (Å²) in [6.45, 7) is 5.31. The monoisotopic (exact) mass is 551 g/mol. The maximum Gasteiger partial charge on any atom is 0.254 e. The van der Waals surface area contributed by atoms with E-state index in [1.165, 1.54) is 12.8 Å². The first-order chi connectivity index (χ1) is 18.2. The van der Waals surface area contributed by atoms with Crippen molar-refractivity contribution in [3.8, 4) is 0 Å². The van der Waals surface area contributed by atoms with Crippen LogP contribution in [-0.4, -0.2) is 72.8 Å². The van der Waals surface area contributed by atoms with Crippen LogP contribution in [0.5, 0.6) is 0 Å². The molecule has 212 valence electrons. The van der Waals surface area contributed by atoms with Gasteiger partial charge in [-0.15, -0.1) is 11.8 Å². The number of carbonyl (C=O) groups is 3. The Bertz CT molecular complexity index is 938. The lowest BCUT2D eigenvalue weighted by atomic mass is 9.92. The predicted octanol–water partition coefficient (Wildman–Crippen LogP) is 5.54. The normalized spacial score (nSPS) is 18.9. The van der Waals surface area contributed by atoms with Crippen LogP contribution in [0.25, 0.3) is 0 Å². The third kappa shape index (κ3) is 8.58. The minimum absolute atomic E-state index is 0.103. The molecular formula is C29H43F2N3O3S.